The monoisotopic (exact) mass is 508 g/mol. The third-order valence-electron chi connectivity index (χ3n) is 5.50. The molecule has 5 nitrogen and oxygen atoms in total. The van der Waals surface area contributed by atoms with Crippen molar-refractivity contribution in [3.8, 4) is 5.75 Å². The van der Waals surface area contributed by atoms with Crippen molar-refractivity contribution >= 4 is 11.6 Å². The van der Waals surface area contributed by atoms with E-state index in [1.807, 2.05) is 30.3 Å². The average Bonchev–Trinajstić information content (AvgIpc) is 3.30. The number of carbonyl (C=O) groups excluding carboxylic acids is 1. The number of rotatable bonds is 6. The zero-order valence-electron chi connectivity index (χ0n) is 18.4. The minimum atomic E-state index is -5.07. The van der Waals surface area contributed by atoms with Crippen LogP contribution in [0.4, 0.5) is 26.3 Å². The number of amides is 1. The first-order chi connectivity index (χ1) is 17.0. The van der Waals surface area contributed by atoms with Gasteiger partial charge in [0.2, 0.25) is 0 Å². The van der Waals surface area contributed by atoms with Crippen LogP contribution in [-0.2, 0) is 17.0 Å². The number of alkyl halides is 6. The van der Waals surface area contributed by atoms with Gasteiger partial charge in [0, 0.05) is 24.1 Å². The SMILES string of the molecule is O=C(NCc1ccccc1)c1ccc(C2=NOC(c3cccc(OC(F)(F)F)c3)(C(F)(F)F)C2)cc1. The van der Waals surface area contributed by atoms with Gasteiger partial charge in [-0.1, -0.05) is 59.8 Å². The summed E-state index contributed by atoms with van der Waals surface area (Å²) in [4.78, 5) is 17.2. The number of halogens is 6. The Labute approximate surface area is 201 Å². The molecule has 1 aliphatic heterocycles. The summed E-state index contributed by atoms with van der Waals surface area (Å²) < 4.78 is 83.9. The molecule has 1 amide bonds. The van der Waals surface area contributed by atoms with E-state index < -0.39 is 35.9 Å². The maximum absolute atomic E-state index is 14.1. The maximum atomic E-state index is 14.1. The van der Waals surface area contributed by atoms with Crippen molar-refractivity contribution in [1.29, 1.82) is 0 Å². The Morgan fingerprint density at radius 3 is 2.28 bits per heavy atom. The summed E-state index contributed by atoms with van der Waals surface area (Å²) >= 11 is 0. The topological polar surface area (TPSA) is 59.9 Å². The molecule has 0 fully saturated rings. The van der Waals surface area contributed by atoms with Crippen LogP contribution in [0.2, 0.25) is 0 Å². The van der Waals surface area contributed by atoms with E-state index in [9.17, 15) is 31.1 Å². The van der Waals surface area contributed by atoms with Crippen LogP contribution in [0.5, 0.6) is 5.75 Å². The van der Waals surface area contributed by atoms with E-state index in [-0.39, 0.29) is 22.7 Å². The Bertz CT molecular complexity index is 1260. The smallest absolute Gasteiger partial charge is 0.406 e. The maximum Gasteiger partial charge on any atom is 0.573 e. The Morgan fingerprint density at radius 1 is 0.944 bits per heavy atom. The summed E-state index contributed by atoms with van der Waals surface area (Å²) in [6, 6.07) is 18.4. The van der Waals surface area contributed by atoms with Crippen molar-refractivity contribution < 1.29 is 40.7 Å². The Balaban J connectivity index is 1.51. The molecule has 11 heteroatoms. The molecule has 0 radical (unpaired) electrons. The molecule has 0 bridgehead atoms. The van der Waals surface area contributed by atoms with Gasteiger partial charge in [-0.05, 0) is 35.4 Å². The summed E-state index contributed by atoms with van der Waals surface area (Å²) in [5.41, 5.74) is -2.22. The average molecular weight is 508 g/mol. The van der Waals surface area contributed by atoms with Gasteiger partial charge >= 0.3 is 12.5 Å². The fourth-order valence-corrected chi connectivity index (χ4v) is 3.70. The first-order valence-corrected chi connectivity index (χ1v) is 10.6. The van der Waals surface area contributed by atoms with Crippen molar-refractivity contribution in [2.24, 2.45) is 5.16 Å². The van der Waals surface area contributed by atoms with Gasteiger partial charge < -0.3 is 14.9 Å². The summed E-state index contributed by atoms with van der Waals surface area (Å²) in [5.74, 6) is -1.19. The summed E-state index contributed by atoms with van der Waals surface area (Å²) in [6.45, 7) is 0.299. The summed E-state index contributed by atoms with van der Waals surface area (Å²) in [6.07, 6.45) is -10.9. The molecule has 1 heterocycles. The second kappa shape index (κ2) is 9.56. The van der Waals surface area contributed by atoms with E-state index >= 15 is 0 Å². The number of hydrogen-bond donors (Lipinski definition) is 1. The van der Waals surface area contributed by atoms with Gasteiger partial charge in [0.1, 0.15) is 5.75 Å². The molecule has 0 aliphatic carbocycles. The van der Waals surface area contributed by atoms with Gasteiger partial charge in [0.05, 0.1) is 5.71 Å². The second-order valence-corrected chi connectivity index (χ2v) is 7.95. The Morgan fingerprint density at radius 2 is 1.64 bits per heavy atom. The number of nitrogens with zero attached hydrogens (tertiary/aromatic N) is 1. The van der Waals surface area contributed by atoms with E-state index in [0.717, 1.165) is 23.8 Å². The predicted molar refractivity (Wildman–Crippen MR) is 117 cm³/mol. The van der Waals surface area contributed by atoms with Crippen LogP contribution < -0.4 is 10.1 Å². The normalized spacial score (nSPS) is 17.8. The zero-order chi connectivity index (χ0) is 26.0. The van der Waals surface area contributed by atoms with E-state index in [1.54, 1.807) is 0 Å². The van der Waals surface area contributed by atoms with Crippen molar-refractivity contribution in [2.75, 3.05) is 0 Å². The third kappa shape index (κ3) is 5.45. The minimum Gasteiger partial charge on any atom is -0.406 e. The molecular formula is C25H18F6N2O3. The van der Waals surface area contributed by atoms with Crippen LogP contribution in [0.25, 0.3) is 0 Å². The van der Waals surface area contributed by atoms with Crippen LogP contribution in [0.15, 0.2) is 84.0 Å². The van der Waals surface area contributed by atoms with Crippen molar-refractivity contribution in [3.05, 3.63) is 101 Å². The molecule has 4 rings (SSSR count). The molecule has 0 spiro atoms. The fraction of sp³-hybridized carbons (Fsp3) is 0.200. The van der Waals surface area contributed by atoms with Crippen LogP contribution in [0, 0.1) is 0 Å². The number of oxime groups is 1. The molecule has 0 aromatic heterocycles. The number of ether oxygens (including phenoxy) is 1. The highest BCUT2D eigenvalue weighted by Gasteiger charge is 2.62. The van der Waals surface area contributed by atoms with E-state index in [0.29, 0.717) is 12.6 Å². The molecule has 1 unspecified atom stereocenters. The van der Waals surface area contributed by atoms with Gasteiger partial charge in [0.15, 0.2) is 0 Å². The van der Waals surface area contributed by atoms with Crippen LogP contribution >= 0.6 is 0 Å². The van der Waals surface area contributed by atoms with Crippen LogP contribution in [0.1, 0.15) is 33.5 Å². The third-order valence-corrected chi connectivity index (χ3v) is 5.50. The van der Waals surface area contributed by atoms with Gasteiger partial charge in [0.25, 0.3) is 11.5 Å². The van der Waals surface area contributed by atoms with Gasteiger partial charge in [-0.25, -0.2) is 0 Å². The molecule has 188 valence electrons. The van der Waals surface area contributed by atoms with Crippen LogP contribution in [0.3, 0.4) is 0 Å². The van der Waals surface area contributed by atoms with Crippen molar-refractivity contribution in [3.63, 3.8) is 0 Å². The molecular weight excluding hydrogens is 490 g/mol. The van der Waals surface area contributed by atoms with E-state index in [2.05, 4.69) is 15.2 Å². The lowest BCUT2D eigenvalue weighted by molar-refractivity contribution is -0.277. The van der Waals surface area contributed by atoms with E-state index in [4.69, 9.17) is 4.84 Å². The van der Waals surface area contributed by atoms with Crippen LogP contribution in [-0.4, -0.2) is 24.2 Å². The molecule has 0 saturated heterocycles. The second-order valence-electron chi connectivity index (χ2n) is 7.95. The van der Waals surface area contributed by atoms with E-state index in [1.165, 1.54) is 24.3 Å². The lowest BCUT2D eigenvalue weighted by atomic mass is 9.86. The highest BCUT2D eigenvalue weighted by molar-refractivity contribution is 6.03. The number of nitrogens with one attached hydrogen (secondary N) is 1. The first-order valence-electron chi connectivity index (χ1n) is 10.6. The number of carbonyl (C=O) groups is 1. The Hall–Kier alpha value is -4.02. The standard InChI is InChI=1S/C25H18F6N2O3/c26-24(27,28)23(19-7-4-8-20(13-19)35-25(29,30)31)14-21(33-36-23)17-9-11-18(12-10-17)22(34)32-15-16-5-2-1-3-6-16/h1-13H,14-15H2,(H,32,34). The van der Waals surface area contributed by atoms with Gasteiger partial charge in [-0.3, -0.25) is 4.79 Å². The Kier molecular flexibility index (Phi) is 6.66. The van der Waals surface area contributed by atoms with Crippen molar-refractivity contribution in [2.45, 2.75) is 31.1 Å². The van der Waals surface area contributed by atoms with Gasteiger partial charge in [-0.15, -0.1) is 13.2 Å². The molecule has 36 heavy (non-hydrogen) atoms. The first kappa shape index (κ1) is 25.1. The number of benzene rings is 3. The molecule has 3 aromatic rings. The minimum absolute atomic E-state index is 0.0780. The predicted octanol–water partition coefficient (Wildman–Crippen LogP) is 6.10. The molecule has 1 atom stereocenters. The molecule has 0 saturated carbocycles. The number of hydrogen-bond acceptors (Lipinski definition) is 4. The quantitative estimate of drug-likeness (QED) is 0.410. The highest BCUT2D eigenvalue weighted by Crippen LogP contribution is 2.49. The molecule has 3 aromatic carbocycles. The summed E-state index contributed by atoms with van der Waals surface area (Å²) in [5, 5.41) is 6.34. The lowest BCUT2D eigenvalue weighted by Gasteiger charge is -2.29. The fourth-order valence-electron chi connectivity index (χ4n) is 3.70. The van der Waals surface area contributed by atoms with Gasteiger partial charge in [-0.2, -0.15) is 13.2 Å². The summed E-state index contributed by atoms with van der Waals surface area (Å²) in [7, 11) is 0. The largest absolute Gasteiger partial charge is 0.573 e. The molecule has 1 aliphatic rings. The molecule has 1 N–H and O–H groups in total. The highest BCUT2D eigenvalue weighted by atomic mass is 19.4. The lowest BCUT2D eigenvalue weighted by Crippen LogP contribution is -2.42. The zero-order valence-corrected chi connectivity index (χ0v) is 18.4. The van der Waals surface area contributed by atoms with Crippen molar-refractivity contribution in [1.82, 2.24) is 5.32 Å².